The van der Waals surface area contributed by atoms with Crippen molar-refractivity contribution in [1.82, 2.24) is 20.2 Å². The summed E-state index contributed by atoms with van der Waals surface area (Å²) in [5, 5.41) is 7.58. The first kappa shape index (κ1) is 12.1. The first-order valence-corrected chi connectivity index (χ1v) is 6.43. The van der Waals surface area contributed by atoms with Crippen LogP contribution in [-0.4, -0.2) is 39.1 Å². The molecule has 0 aliphatic carbocycles. The fourth-order valence-corrected chi connectivity index (χ4v) is 2.14. The van der Waals surface area contributed by atoms with Crippen molar-refractivity contribution < 1.29 is 4.74 Å². The molecule has 2 aromatic rings. The van der Waals surface area contributed by atoms with Gasteiger partial charge in [0.25, 0.3) is 5.56 Å². The minimum Gasteiger partial charge on any atom is -0.382 e. The summed E-state index contributed by atoms with van der Waals surface area (Å²) in [5.41, 5.74) is 0.372. The van der Waals surface area contributed by atoms with E-state index in [0.29, 0.717) is 16.2 Å². The maximum absolute atomic E-state index is 11.6. The summed E-state index contributed by atoms with van der Waals surface area (Å²) in [6, 6.07) is 0. The highest BCUT2D eigenvalue weighted by atomic mass is 32.2. The van der Waals surface area contributed by atoms with Crippen LogP contribution in [0.3, 0.4) is 0 Å². The van der Waals surface area contributed by atoms with Gasteiger partial charge in [-0.25, -0.2) is 4.98 Å². The fourth-order valence-electron chi connectivity index (χ4n) is 1.37. The van der Waals surface area contributed by atoms with Crippen molar-refractivity contribution in [3.63, 3.8) is 0 Å². The summed E-state index contributed by atoms with van der Waals surface area (Å²) in [6.45, 7) is 3.44. The predicted octanol–water partition coefficient (Wildman–Crippen LogP) is 1.16. The van der Waals surface area contributed by atoms with Crippen LogP contribution in [-0.2, 0) is 4.74 Å². The molecular weight excluding hydrogens is 240 g/mol. The van der Waals surface area contributed by atoms with Crippen LogP contribution in [0.5, 0.6) is 0 Å². The van der Waals surface area contributed by atoms with Crippen LogP contribution < -0.4 is 5.56 Å². The van der Waals surface area contributed by atoms with Crippen LogP contribution in [0.25, 0.3) is 11.0 Å². The minimum atomic E-state index is -0.156. The Bertz CT molecular complexity index is 536. The minimum absolute atomic E-state index is 0.156. The SMILES string of the molecule is CCOCCCSc1nc2[nH]ncc2c(=O)[nH]1. The maximum atomic E-state index is 11.6. The molecule has 0 unspecified atom stereocenters. The molecule has 7 heteroatoms. The molecule has 0 aliphatic heterocycles. The third-order valence-corrected chi connectivity index (χ3v) is 3.13. The number of H-pyrrole nitrogens is 2. The van der Waals surface area contributed by atoms with E-state index < -0.39 is 0 Å². The zero-order chi connectivity index (χ0) is 12.1. The molecule has 92 valence electrons. The smallest absolute Gasteiger partial charge is 0.262 e. The highest BCUT2D eigenvalue weighted by Gasteiger charge is 2.05. The van der Waals surface area contributed by atoms with Gasteiger partial charge < -0.3 is 9.72 Å². The Morgan fingerprint density at radius 1 is 1.53 bits per heavy atom. The van der Waals surface area contributed by atoms with Crippen LogP contribution in [0.1, 0.15) is 13.3 Å². The monoisotopic (exact) mass is 254 g/mol. The molecule has 2 rings (SSSR count). The molecule has 0 aliphatic rings. The number of aromatic nitrogens is 4. The lowest BCUT2D eigenvalue weighted by Crippen LogP contribution is -2.08. The number of nitrogens with zero attached hydrogens (tertiary/aromatic N) is 2. The van der Waals surface area contributed by atoms with E-state index in [-0.39, 0.29) is 5.56 Å². The first-order valence-electron chi connectivity index (χ1n) is 5.45. The van der Waals surface area contributed by atoms with Crippen molar-refractivity contribution in [2.75, 3.05) is 19.0 Å². The quantitative estimate of drug-likeness (QED) is 0.459. The van der Waals surface area contributed by atoms with Gasteiger partial charge in [0, 0.05) is 19.0 Å². The van der Waals surface area contributed by atoms with Crippen molar-refractivity contribution in [3.05, 3.63) is 16.6 Å². The largest absolute Gasteiger partial charge is 0.382 e. The number of rotatable bonds is 6. The van der Waals surface area contributed by atoms with E-state index >= 15 is 0 Å². The van der Waals surface area contributed by atoms with Crippen LogP contribution in [0.2, 0.25) is 0 Å². The van der Waals surface area contributed by atoms with Gasteiger partial charge in [0.15, 0.2) is 10.8 Å². The van der Waals surface area contributed by atoms with Gasteiger partial charge in [0.05, 0.1) is 6.20 Å². The molecule has 2 aromatic heterocycles. The number of nitrogens with one attached hydrogen (secondary N) is 2. The Balaban J connectivity index is 1.97. The van der Waals surface area contributed by atoms with E-state index in [0.717, 1.165) is 25.4 Å². The van der Waals surface area contributed by atoms with Crippen molar-refractivity contribution in [2.24, 2.45) is 0 Å². The van der Waals surface area contributed by atoms with Crippen molar-refractivity contribution in [3.8, 4) is 0 Å². The normalized spacial score (nSPS) is 11.1. The molecule has 0 radical (unpaired) electrons. The fraction of sp³-hybridized carbons (Fsp3) is 0.500. The van der Waals surface area contributed by atoms with E-state index in [2.05, 4.69) is 20.2 Å². The van der Waals surface area contributed by atoms with Gasteiger partial charge in [0.2, 0.25) is 0 Å². The molecule has 0 spiro atoms. The third-order valence-electron chi connectivity index (χ3n) is 2.17. The molecule has 0 saturated heterocycles. The molecule has 0 atom stereocenters. The van der Waals surface area contributed by atoms with Crippen molar-refractivity contribution in [1.29, 1.82) is 0 Å². The molecule has 0 aromatic carbocycles. The summed E-state index contributed by atoms with van der Waals surface area (Å²) in [6.07, 6.45) is 2.41. The van der Waals surface area contributed by atoms with Crippen LogP contribution in [0.15, 0.2) is 16.1 Å². The van der Waals surface area contributed by atoms with Crippen molar-refractivity contribution in [2.45, 2.75) is 18.5 Å². The van der Waals surface area contributed by atoms with Gasteiger partial charge in [-0.05, 0) is 13.3 Å². The van der Waals surface area contributed by atoms with E-state index in [1.807, 2.05) is 6.92 Å². The second-order valence-corrected chi connectivity index (χ2v) is 4.49. The Morgan fingerprint density at radius 3 is 3.24 bits per heavy atom. The van der Waals surface area contributed by atoms with Crippen LogP contribution in [0, 0.1) is 0 Å². The maximum Gasteiger partial charge on any atom is 0.262 e. The number of hydrogen-bond acceptors (Lipinski definition) is 5. The van der Waals surface area contributed by atoms with Gasteiger partial charge in [-0.3, -0.25) is 9.89 Å². The zero-order valence-corrected chi connectivity index (χ0v) is 10.3. The summed E-state index contributed by atoms with van der Waals surface area (Å²) in [7, 11) is 0. The lowest BCUT2D eigenvalue weighted by atomic mass is 10.4. The van der Waals surface area contributed by atoms with Gasteiger partial charge >= 0.3 is 0 Å². The summed E-state index contributed by atoms with van der Waals surface area (Å²) in [4.78, 5) is 18.6. The molecule has 0 amide bonds. The number of aromatic amines is 2. The van der Waals surface area contributed by atoms with E-state index in [1.165, 1.54) is 18.0 Å². The average Bonchev–Trinajstić information content (AvgIpc) is 2.77. The third kappa shape index (κ3) is 3.07. The Labute approximate surface area is 102 Å². The lowest BCUT2D eigenvalue weighted by Gasteiger charge is -2.01. The van der Waals surface area contributed by atoms with Gasteiger partial charge in [0.1, 0.15) is 5.39 Å². The summed E-state index contributed by atoms with van der Waals surface area (Å²) >= 11 is 1.51. The molecule has 0 saturated carbocycles. The second kappa shape index (κ2) is 5.83. The highest BCUT2D eigenvalue weighted by molar-refractivity contribution is 7.99. The molecule has 0 fully saturated rings. The Kier molecular flexibility index (Phi) is 4.16. The number of hydrogen-bond donors (Lipinski definition) is 2. The second-order valence-electron chi connectivity index (χ2n) is 3.40. The summed E-state index contributed by atoms with van der Waals surface area (Å²) in [5.74, 6) is 0.864. The molecule has 17 heavy (non-hydrogen) atoms. The standard InChI is InChI=1S/C10H14N4O2S/c1-2-16-4-3-5-17-10-12-8-7(6-11-14-8)9(15)13-10/h6H,2-5H2,1H3,(H2,11,12,13,14,15). The van der Waals surface area contributed by atoms with Gasteiger partial charge in [-0.15, -0.1) is 0 Å². The number of fused-ring (bicyclic) bond motifs is 1. The van der Waals surface area contributed by atoms with E-state index in [4.69, 9.17) is 4.74 Å². The first-order chi connectivity index (χ1) is 8.31. The van der Waals surface area contributed by atoms with Gasteiger partial charge in [-0.2, -0.15) is 5.10 Å². The highest BCUT2D eigenvalue weighted by Crippen LogP contribution is 2.14. The molecule has 2 heterocycles. The van der Waals surface area contributed by atoms with Crippen molar-refractivity contribution >= 4 is 22.8 Å². The molecule has 6 nitrogen and oxygen atoms in total. The topological polar surface area (TPSA) is 83.7 Å². The van der Waals surface area contributed by atoms with E-state index in [1.54, 1.807) is 0 Å². The summed E-state index contributed by atoms with van der Waals surface area (Å²) < 4.78 is 5.23. The molecule has 2 N–H and O–H groups in total. The number of ether oxygens (including phenoxy) is 1. The average molecular weight is 254 g/mol. The predicted molar refractivity (Wildman–Crippen MR) is 66.3 cm³/mol. The van der Waals surface area contributed by atoms with E-state index in [9.17, 15) is 4.79 Å². The van der Waals surface area contributed by atoms with Crippen LogP contribution >= 0.6 is 11.8 Å². The molecule has 0 bridgehead atoms. The zero-order valence-electron chi connectivity index (χ0n) is 9.52. The van der Waals surface area contributed by atoms with Crippen LogP contribution in [0.4, 0.5) is 0 Å². The van der Waals surface area contributed by atoms with Gasteiger partial charge in [-0.1, -0.05) is 11.8 Å². The molecular formula is C10H14N4O2S. The Hall–Kier alpha value is -1.34. The lowest BCUT2D eigenvalue weighted by molar-refractivity contribution is 0.149. The Morgan fingerprint density at radius 2 is 2.41 bits per heavy atom. The number of thioether (sulfide) groups is 1.